The van der Waals surface area contributed by atoms with Crippen LogP contribution in [0.25, 0.3) is 22.7 Å². The number of hydrogen-bond donors (Lipinski definition) is 0. The molecule has 0 unspecified atom stereocenters. The van der Waals surface area contributed by atoms with Gasteiger partial charge in [-0.1, -0.05) is 24.3 Å². The zero-order valence-electron chi connectivity index (χ0n) is 20.1. The first-order chi connectivity index (χ1) is 17.0. The summed E-state index contributed by atoms with van der Waals surface area (Å²) in [7, 11) is 7.57. The van der Waals surface area contributed by atoms with Gasteiger partial charge in [0.05, 0.1) is 41.1 Å². The Hall–Kier alpha value is -4.46. The van der Waals surface area contributed by atoms with Gasteiger partial charge in [-0.3, -0.25) is 4.79 Å². The van der Waals surface area contributed by atoms with Crippen LogP contribution in [0.1, 0.15) is 21.8 Å². The highest BCUT2D eigenvalue weighted by Crippen LogP contribution is 2.40. The Bertz CT molecular complexity index is 1350. The van der Waals surface area contributed by atoms with Crippen LogP contribution in [0.3, 0.4) is 0 Å². The number of allylic oxidation sites excluding steroid dienone is 1. The third kappa shape index (κ3) is 4.50. The molecule has 0 N–H and O–H groups in total. The predicted molar refractivity (Wildman–Crippen MR) is 132 cm³/mol. The standard InChI is InChI=1S/C27H25NO7/c1-30-21-12-8-9-16(25(21)33-4)13-18(27-28-19-10-6-7-11-20(19)35-27)24(29)17-14-22(31-2)26(34-5)23(15-17)32-3/h6-15H,1-5H3/b18-13-. The fourth-order valence-electron chi connectivity index (χ4n) is 3.76. The van der Waals surface area contributed by atoms with Crippen molar-refractivity contribution in [3.8, 4) is 28.7 Å². The Morgan fingerprint density at radius 3 is 2.03 bits per heavy atom. The van der Waals surface area contributed by atoms with E-state index in [1.54, 1.807) is 43.5 Å². The zero-order valence-corrected chi connectivity index (χ0v) is 20.1. The third-order valence-electron chi connectivity index (χ3n) is 5.43. The number of rotatable bonds is 9. The van der Waals surface area contributed by atoms with E-state index in [9.17, 15) is 4.79 Å². The van der Waals surface area contributed by atoms with Crippen LogP contribution in [0.15, 0.2) is 59.0 Å². The average Bonchev–Trinajstić information content (AvgIpc) is 3.34. The molecule has 8 heteroatoms. The van der Waals surface area contributed by atoms with Crippen LogP contribution in [0.4, 0.5) is 0 Å². The van der Waals surface area contributed by atoms with Crippen LogP contribution >= 0.6 is 0 Å². The molecule has 4 rings (SSSR count). The van der Waals surface area contributed by atoms with Crippen LogP contribution in [0.5, 0.6) is 28.7 Å². The number of ketones is 1. The molecule has 0 spiro atoms. The summed E-state index contributed by atoms with van der Waals surface area (Å²) in [5, 5.41) is 0. The van der Waals surface area contributed by atoms with Gasteiger partial charge >= 0.3 is 0 Å². The molecule has 0 aliphatic rings. The van der Waals surface area contributed by atoms with Crippen molar-refractivity contribution >= 4 is 28.5 Å². The Balaban J connectivity index is 1.94. The van der Waals surface area contributed by atoms with Crippen molar-refractivity contribution in [1.82, 2.24) is 4.98 Å². The molecule has 0 aliphatic heterocycles. The van der Waals surface area contributed by atoms with E-state index >= 15 is 0 Å². The summed E-state index contributed by atoms with van der Waals surface area (Å²) in [6.45, 7) is 0. The molecule has 4 aromatic rings. The maximum absolute atomic E-state index is 13.9. The highest BCUT2D eigenvalue weighted by molar-refractivity contribution is 6.32. The lowest BCUT2D eigenvalue weighted by Crippen LogP contribution is -2.06. The Morgan fingerprint density at radius 1 is 0.771 bits per heavy atom. The summed E-state index contributed by atoms with van der Waals surface area (Å²) in [5.74, 6) is 1.89. The van der Waals surface area contributed by atoms with Gasteiger partial charge in [0.1, 0.15) is 5.52 Å². The Kier molecular flexibility index (Phi) is 6.91. The van der Waals surface area contributed by atoms with E-state index in [-0.39, 0.29) is 17.2 Å². The molecule has 0 fully saturated rings. The van der Waals surface area contributed by atoms with Crippen LogP contribution in [0, 0.1) is 0 Å². The highest BCUT2D eigenvalue weighted by atomic mass is 16.5. The van der Waals surface area contributed by atoms with Crippen molar-refractivity contribution in [3.05, 3.63) is 71.6 Å². The van der Waals surface area contributed by atoms with Gasteiger partial charge in [0.15, 0.2) is 34.4 Å². The van der Waals surface area contributed by atoms with Crippen LogP contribution in [-0.4, -0.2) is 46.3 Å². The van der Waals surface area contributed by atoms with Gasteiger partial charge in [0.2, 0.25) is 11.6 Å². The number of methoxy groups -OCH3 is 5. The van der Waals surface area contributed by atoms with Gasteiger partial charge in [0.25, 0.3) is 0 Å². The van der Waals surface area contributed by atoms with E-state index in [2.05, 4.69) is 4.98 Å². The monoisotopic (exact) mass is 475 g/mol. The van der Waals surface area contributed by atoms with E-state index in [1.165, 1.54) is 28.4 Å². The summed E-state index contributed by atoms with van der Waals surface area (Å²) in [5.41, 5.74) is 2.31. The molecule has 0 saturated heterocycles. The number of fused-ring (bicyclic) bond motifs is 1. The van der Waals surface area contributed by atoms with E-state index < -0.39 is 0 Å². The van der Waals surface area contributed by atoms with Gasteiger partial charge in [0, 0.05) is 11.1 Å². The van der Waals surface area contributed by atoms with E-state index in [1.807, 2.05) is 24.3 Å². The van der Waals surface area contributed by atoms with Gasteiger partial charge < -0.3 is 28.1 Å². The van der Waals surface area contributed by atoms with Gasteiger partial charge in [-0.25, -0.2) is 4.98 Å². The second-order valence-corrected chi connectivity index (χ2v) is 7.37. The van der Waals surface area contributed by atoms with Crippen molar-refractivity contribution < 1.29 is 32.9 Å². The molecule has 1 heterocycles. The molecule has 0 radical (unpaired) electrons. The smallest absolute Gasteiger partial charge is 0.231 e. The van der Waals surface area contributed by atoms with E-state index in [4.69, 9.17) is 28.1 Å². The summed E-state index contributed by atoms with van der Waals surface area (Å²) in [6, 6.07) is 15.9. The second kappa shape index (κ2) is 10.2. The zero-order chi connectivity index (χ0) is 24.9. The molecule has 35 heavy (non-hydrogen) atoms. The third-order valence-corrected chi connectivity index (χ3v) is 5.43. The number of carbonyl (C=O) groups is 1. The number of hydrogen-bond acceptors (Lipinski definition) is 8. The first-order valence-electron chi connectivity index (χ1n) is 10.7. The number of para-hydroxylation sites is 3. The minimum atomic E-state index is -0.360. The molecule has 0 saturated carbocycles. The first kappa shape index (κ1) is 23.7. The average molecular weight is 475 g/mol. The quantitative estimate of drug-likeness (QED) is 0.238. The molecular weight excluding hydrogens is 450 g/mol. The number of ether oxygens (including phenoxy) is 5. The topological polar surface area (TPSA) is 89.3 Å². The Labute approximate surface area is 202 Å². The SMILES string of the molecule is COc1cccc(/C=C(/C(=O)c2cc(OC)c(OC)c(OC)c2)c2nc3ccccc3o2)c1OC. The maximum atomic E-state index is 13.9. The molecule has 0 amide bonds. The minimum Gasteiger partial charge on any atom is -0.493 e. The molecule has 0 bridgehead atoms. The van der Waals surface area contributed by atoms with Crippen LogP contribution in [-0.2, 0) is 0 Å². The first-order valence-corrected chi connectivity index (χ1v) is 10.7. The van der Waals surface area contributed by atoms with Crippen molar-refractivity contribution in [2.75, 3.05) is 35.5 Å². The number of nitrogens with zero attached hydrogens (tertiary/aromatic N) is 1. The molecule has 0 aliphatic carbocycles. The highest BCUT2D eigenvalue weighted by Gasteiger charge is 2.24. The predicted octanol–water partition coefficient (Wildman–Crippen LogP) is 5.29. The van der Waals surface area contributed by atoms with Crippen molar-refractivity contribution in [2.24, 2.45) is 0 Å². The lowest BCUT2D eigenvalue weighted by molar-refractivity contribution is 0.105. The normalized spacial score (nSPS) is 11.3. The maximum Gasteiger partial charge on any atom is 0.231 e. The summed E-state index contributed by atoms with van der Waals surface area (Å²) >= 11 is 0. The van der Waals surface area contributed by atoms with Gasteiger partial charge in [-0.05, 0) is 36.4 Å². The lowest BCUT2D eigenvalue weighted by Gasteiger charge is -2.14. The lowest BCUT2D eigenvalue weighted by atomic mass is 9.99. The molecule has 3 aromatic carbocycles. The van der Waals surface area contributed by atoms with Gasteiger partial charge in [-0.15, -0.1) is 0 Å². The molecule has 1 aromatic heterocycles. The summed E-state index contributed by atoms with van der Waals surface area (Å²) in [6.07, 6.45) is 1.66. The summed E-state index contributed by atoms with van der Waals surface area (Å²) in [4.78, 5) is 18.5. The van der Waals surface area contributed by atoms with E-state index in [0.717, 1.165) is 0 Å². The minimum absolute atomic E-state index is 0.162. The summed E-state index contributed by atoms with van der Waals surface area (Å²) < 4.78 is 33.2. The van der Waals surface area contributed by atoms with Crippen LogP contribution < -0.4 is 23.7 Å². The fraction of sp³-hybridized carbons (Fsp3) is 0.185. The molecule has 8 nitrogen and oxygen atoms in total. The number of oxazole rings is 1. The fourth-order valence-corrected chi connectivity index (χ4v) is 3.76. The molecular formula is C27H25NO7. The number of aromatic nitrogens is 1. The van der Waals surface area contributed by atoms with Crippen molar-refractivity contribution in [1.29, 1.82) is 0 Å². The molecule has 180 valence electrons. The number of carbonyl (C=O) groups excluding carboxylic acids is 1. The number of benzene rings is 3. The van der Waals surface area contributed by atoms with Crippen LogP contribution in [0.2, 0.25) is 0 Å². The second-order valence-electron chi connectivity index (χ2n) is 7.37. The largest absolute Gasteiger partial charge is 0.493 e. The van der Waals surface area contributed by atoms with Crippen molar-refractivity contribution in [2.45, 2.75) is 0 Å². The Morgan fingerprint density at radius 2 is 1.43 bits per heavy atom. The van der Waals surface area contributed by atoms with E-state index in [0.29, 0.717) is 51.0 Å². The number of Topliss-reactive ketones (excluding diaryl/α,β-unsaturated/α-hetero) is 1. The molecule has 0 atom stereocenters. The van der Waals surface area contributed by atoms with Gasteiger partial charge in [-0.2, -0.15) is 0 Å². The van der Waals surface area contributed by atoms with Crippen molar-refractivity contribution in [3.63, 3.8) is 0 Å².